The number of rotatable bonds is 15. The van der Waals surface area contributed by atoms with Crippen LogP contribution < -0.4 is 11.5 Å². The van der Waals surface area contributed by atoms with E-state index in [4.69, 9.17) is 21.7 Å². The molecule has 0 atom stereocenters. The fourth-order valence-electron chi connectivity index (χ4n) is 2.84. The molecule has 0 aliphatic heterocycles. The number of hydrogen-bond acceptors (Lipinski definition) is 4. The van der Waals surface area contributed by atoms with Gasteiger partial charge in [0.2, 0.25) is 0 Å². The van der Waals surface area contributed by atoms with Gasteiger partial charge in [0, 0.05) is 13.2 Å². The van der Waals surface area contributed by atoms with Crippen molar-refractivity contribution in [1.29, 1.82) is 0 Å². The van der Waals surface area contributed by atoms with Gasteiger partial charge in [-0.2, -0.15) is 0 Å². The summed E-state index contributed by atoms with van der Waals surface area (Å²) < 4.78 is 0. The molecule has 26 heavy (non-hydrogen) atoms. The highest BCUT2D eigenvalue weighted by molar-refractivity contribution is 5.22. The lowest BCUT2D eigenvalue weighted by Gasteiger charge is -2.01. The van der Waals surface area contributed by atoms with Gasteiger partial charge in [-0.05, 0) is 49.9 Å². The summed E-state index contributed by atoms with van der Waals surface area (Å²) in [6, 6.07) is 8.22. The van der Waals surface area contributed by atoms with Crippen LogP contribution in [0.5, 0.6) is 0 Å². The van der Waals surface area contributed by atoms with Crippen molar-refractivity contribution < 1.29 is 10.2 Å². The van der Waals surface area contributed by atoms with Gasteiger partial charge in [0.25, 0.3) is 0 Å². The van der Waals surface area contributed by atoms with Gasteiger partial charge in [-0.3, -0.25) is 0 Å². The van der Waals surface area contributed by atoms with Gasteiger partial charge >= 0.3 is 0 Å². The van der Waals surface area contributed by atoms with Crippen LogP contribution in [0.3, 0.4) is 0 Å². The minimum Gasteiger partial charge on any atom is -0.396 e. The van der Waals surface area contributed by atoms with Crippen LogP contribution in [0.1, 0.15) is 75.3 Å². The molecule has 1 rings (SSSR count). The molecule has 0 unspecified atom stereocenters. The Morgan fingerprint density at radius 1 is 0.500 bits per heavy atom. The van der Waals surface area contributed by atoms with Crippen molar-refractivity contribution in [2.45, 2.75) is 77.0 Å². The van der Waals surface area contributed by atoms with Gasteiger partial charge in [0.05, 0.1) is 0 Å². The number of aliphatic hydroxyl groups excluding tert-OH is 2. The molecule has 0 heterocycles. The molecule has 0 amide bonds. The van der Waals surface area contributed by atoms with E-state index in [0.29, 0.717) is 13.2 Å². The summed E-state index contributed by atoms with van der Waals surface area (Å²) in [4.78, 5) is 0. The summed E-state index contributed by atoms with van der Waals surface area (Å²) in [7, 11) is 0. The number of nitrogens with two attached hydrogens (primary N) is 2. The molecule has 152 valence electrons. The van der Waals surface area contributed by atoms with Gasteiger partial charge in [0.1, 0.15) is 0 Å². The molecule has 0 aromatic heterocycles. The highest BCUT2D eigenvalue weighted by Crippen LogP contribution is 2.10. The zero-order chi connectivity index (χ0) is 19.3. The fourth-order valence-corrected chi connectivity index (χ4v) is 2.84. The van der Waals surface area contributed by atoms with Crippen LogP contribution in [0.15, 0.2) is 24.3 Å². The Kier molecular flexibility index (Phi) is 19.6. The zero-order valence-corrected chi connectivity index (χ0v) is 16.7. The van der Waals surface area contributed by atoms with Gasteiger partial charge < -0.3 is 21.7 Å². The number of aliphatic hydroxyl groups is 2. The topological polar surface area (TPSA) is 92.5 Å². The number of unbranched alkanes of at least 4 members (excludes halogenated alkanes) is 9. The Morgan fingerprint density at radius 3 is 1.31 bits per heavy atom. The molecule has 0 aliphatic rings. The van der Waals surface area contributed by atoms with E-state index in [1.165, 1.54) is 68.9 Å². The van der Waals surface area contributed by atoms with Crippen molar-refractivity contribution in [3.05, 3.63) is 35.4 Å². The van der Waals surface area contributed by atoms with Crippen LogP contribution in [-0.2, 0) is 12.8 Å². The van der Waals surface area contributed by atoms with Gasteiger partial charge in [0.15, 0.2) is 0 Å². The summed E-state index contributed by atoms with van der Waals surface area (Å²) >= 11 is 0. The second kappa shape index (κ2) is 20.4. The van der Waals surface area contributed by atoms with E-state index in [9.17, 15) is 0 Å². The average molecular weight is 367 g/mol. The van der Waals surface area contributed by atoms with E-state index in [0.717, 1.165) is 25.8 Å². The molecule has 0 spiro atoms. The van der Waals surface area contributed by atoms with Crippen molar-refractivity contribution >= 4 is 0 Å². The van der Waals surface area contributed by atoms with Crippen LogP contribution in [-0.4, -0.2) is 36.5 Å². The molecular weight excluding hydrogens is 324 g/mol. The molecule has 1 aromatic carbocycles. The minimum atomic E-state index is 0.218. The molecular formula is C22H42N2O2. The third-order valence-electron chi connectivity index (χ3n) is 4.47. The summed E-state index contributed by atoms with van der Waals surface area (Å²) in [6.45, 7) is 2.12. The maximum absolute atomic E-state index is 8.67. The first-order valence-corrected chi connectivity index (χ1v) is 10.5. The van der Waals surface area contributed by atoms with Crippen molar-refractivity contribution in [3.63, 3.8) is 0 Å². The SMILES string of the molecule is NCCCCCCCCCCCCO.NCCc1ccc(CCO)cc1. The maximum atomic E-state index is 8.67. The highest BCUT2D eigenvalue weighted by Gasteiger charge is 1.93. The third kappa shape index (κ3) is 16.5. The zero-order valence-electron chi connectivity index (χ0n) is 16.7. The van der Waals surface area contributed by atoms with Gasteiger partial charge in [-0.1, -0.05) is 75.6 Å². The largest absolute Gasteiger partial charge is 0.396 e. The van der Waals surface area contributed by atoms with E-state index < -0.39 is 0 Å². The first kappa shape index (κ1) is 25.1. The molecule has 0 fully saturated rings. The molecule has 0 saturated heterocycles. The second-order valence-corrected chi connectivity index (χ2v) is 6.88. The Labute approximate surface area is 161 Å². The fraction of sp³-hybridized carbons (Fsp3) is 0.727. The molecule has 1 aromatic rings. The predicted molar refractivity (Wildman–Crippen MR) is 112 cm³/mol. The van der Waals surface area contributed by atoms with E-state index in [-0.39, 0.29) is 6.61 Å². The third-order valence-corrected chi connectivity index (χ3v) is 4.47. The van der Waals surface area contributed by atoms with Gasteiger partial charge in [-0.15, -0.1) is 0 Å². The quantitative estimate of drug-likeness (QED) is 0.357. The van der Waals surface area contributed by atoms with Crippen molar-refractivity contribution in [2.75, 3.05) is 26.3 Å². The van der Waals surface area contributed by atoms with Crippen molar-refractivity contribution in [3.8, 4) is 0 Å². The minimum absolute atomic E-state index is 0.218. The normalized spacial score (nSPS) is 10.5. The van der Waals surface area contributed by atoms with Crippen molar-refractivity contribution in [2.24, 2.45) is 11.5 Å². The van der Waals surface area contributed by atoms with Crippen LogP contribution in [0.25, 0.3) is 0 Å². The smallest absolute Gasteiger partial charge is 0.0471 e. The Balaban J connectivity index is 0.000000485. The molecule has 4 nitrogen and oxygen atoms in total. The summed E-state index contributed by atoms with van der Waals surface area (Å²) in [5.74, 6) is 0. The first-order chi connectivity index (χ1) is 12.8. The molecule has 0 radical (unpaired) electrons. The van der Waals surface area contributed by atoms with Crippen LogP contribution in [0.2, 0.25) is 0 Å². The predicted octanol–water partition coefficient (Wildman–Crippen LogP) is 3.56. The second-order valence-electron chi connectivity index (χ2n) is 6.88. The van der Waals surface area contributed by atoms with Crippen LogP contribution in [0, 0.1) is 0 Å². The summed E-state index contributed by atoms with van der Waals surface area (Å²) in [5.41, 5.74) is 13.3. The standard InChI is InChI=1S/C12H27NO.C10H15NO/c13-11-9-7-5-3-1-2-4-6-8-10-12-14;11-7-5-9-1-3-10(4-2-9)6-8-12/h14H,1-13H2;1-4,12H,5-8,11H2. The molecule has 6 N–H and O–H groups in total. The Bertz CT molecular complexity index is 345. The molecule has 0 saturated carbocycles. The first-order valence-electron chi connectivity index (χ1n) is 10.5. The molecule has 0 bridgehead atoms. The maximum Gasteiger partial charge on any atom is 0.0471 e. The van der Waals surface area contributed by atoms with E-state index in [2.05, 4.69) is 12.1 Å². The summed E-state index contributed by atoms with van der Waals surface area (Å²) in [6.07, 6.45) is 14.5. The Morgan fingerprint density at radius 2 is 0.923 bits per heavy atom. The highest BCUT2D eigenvalue weighted by atomic mass is 16.3. The van der Waals surface area contributed by atoms with E-state index in [1.807, 2.05) is 12.1 Å². The molecule has 4 heteroatoms. The van der Waals surface area contributed by atoms with Crippen LogP contribution >= 0.6 is 0 Å². The summed E-state index contributed by atoms with van der Waals surface area (Å²) in [5, 5.41) is 17.3. The lowest BCUT2D eigenvalue weighted by molar-refractivity contribution is 0.282. The lowest BCUT2D eigenvalue weighted by Crippen LogP contribution is -2.02. The molecule has 0 aliphatic carbocycles. The number of benzene rings is 1. The Hall–Kier alpha value is -0.940. The van der Waals surface area contributed by atoms with E-state index in [1.54, 1.807) is 0 Å². The number of hydrogen-bond donors (Lipinski definition) is 4. The van der Waals surface area contributed by atoms with Crippen molar-refractivity contribution in [1.82, 2.24) is 0 Å². The van der Waals surface area contributed by atoms with Crippen LogP contribution in [0.4, 0.5) is 0 Å². The van der Waals surface area contributed by atoms with Gasteiger partial charge in [-0.25, -0.2) is 0 Å². The lowest BCUT2D eigenvalue weighted by atomic mass is 10.1. The van der Waals surface area contributed by atoms with E-state index >= 15 is 0 Å². The average Bonchev–Trinajstić information content (AvgIpc) is 2.66. The monoisotopic (exact) mass is 366 g/mol.